The van der Waals surface area contributed by atoms with E-state index in [1.807, 2.05) is 4.90 Å². The quantitative estimate of drug-likeness (QED) is 0.643. The maximum atomic E-state index is 12.3. The lowest BCUT2D eigenvalue weighted by atomic mass is 10.2. The van der Waals surface area contributed by atoms with Gasteiger partial charge < -0.3 is 25.2 Å². The molecule has 3 amide bonds. The van der Waals surface area contributed by atoms with Gasteiger partial charge in [-0.05, 0) is 25.8 Å². The highest BCUT2D eigenvalue weighted by Gasteiger charge is 2.29. The molecule has 0 spiro atoms. The fourth-order valence-corrected chi connectivity index (χ4v) is 2.60. The molecule has 1 atom stereocenters. The highest BCUT2D eigenvalue weighted by molar-refractivity contribution is 5.75. The van der Waals surface area contributed by atoms with Crippen LogP contribution >= 0.6 is 0 Å². The molecule has 2 N–H and O–H groups in total. The Morgan fingerprint density at radius 3 is 2.59 bits per heavy atom. The average molecular weight is 312 g/mol. The van der Waals surface area contributed by atoms with Crippen molar-refractivity contribution >= 4 is 11.9 Å². The van der Waals surface area contributed by atoms with Gasteiger partial charge in [0.15, 0.2) is 0 Å². The Hall–Kier alpha value is -1.34. The first-order valence-electron chi connectivity index (χ1n) is 8.12. The third-order valence-electron chi connectivity index (χ3n) is 4.00. The lowest BCUT2D eigenvalue weighted by Crippen LogP contribution is -2.51. The number of ether oxygens (including phenoxy) is 1. The molecule has 1 aliphatic carbocycles. The van der Waals surface area contributed by atoms with Crippen molar-refractivity contribution in [1.82, 2.24) is 20.4 Å². The van der Waals surface area contributed by atoms with Crippen LogP contribution in [0.4, 0.5) is 4.79 Å². The van der Waals surface area contributed by atoms with Gasteiger partial charge in [0.2, 0.25) is 5.91 Å². The summed E-state index contributed by atoms with van der Waals surface area (Å²) in [7, 11) is 2.08. The molecule has 2 fully saturated rings. The van der Waals surface area contributed by atoms with Gasteiger partial charge in [0.1, 0.15) is 0 Å². The maximum absolute atomic E-state index is 12.3. The first-order chi connectivity index (χ1) is 10.5. The van der Waals surface area contributed by atoms with Crippen LogP contribution in [0, 0.1) is 5.92 Å². The average Bonchev–Trinajstić information content (AvgIpc) is 3.26. The van der Waals surface area contributed by atoms with Crippen LogP contribution in [0.1, 0.15) is 19.8 Å². The molecule has 22 heavy (non-hydrogen) atoms. The van der Waals surface area contributed by atoms with Crippen molar-refractivity contribution in [2.45, 2.75) is 25.9 Å². The smallest absolute Gasteiger partial charge is 0.317 e. The summed E-state index contributed by atoms with van der Waals surface area (Å²) in [5.74, 6) is 0.560. The van der Waals surface area contributed by atoms with Crippen molar-refractivity contribution in [2.75, 3.05) is 52.9 Å². The van der Waals surface area contributed by atoms with Crippen molar-refractivity contribution in [1.29, 1.82) is 0 Å². The van der Waals surface area contributed by atoms with Crippen molar-refractivity contribution in [3.8, 4) is 0 Å². The number of carbonyl (C=O) groups is 2. The minimum absolute atomic E-state index is 0.0610. The molecule has 2 rings (SSSR count). The molecule has 0 aromatic rings. The van der Waals surface area contributed by atoms with Gasteiger partial charge in [0.25, 0.3) is 0 Å². The summed E-state index contributed by atoms with van der Waals surface area (Å²) in [6, 6.07) is -0.0610. The second-order valence-electron chi connectivity index (χ2n) is 6.32. The zero-order chi connectivity index (χ0) is 15.9. The summed E-state index contributed by atoms with van der Waals surface area (Å²) in [6.45, 7) is 6.34. The first-order valence-corrected chi connectivity index (χ1v) is 8.12. The number of urea groups is 1. The Morgan fingerprint density at radius 1 is 1.23 bits per heavy atom. The molecule has 1 saturated carbocycles. The number of nitrogens with zero attached hydrogens (tertiary/aromatic N) is 2. The minimum atomic E-state index is -0.0808. The van der Waals surface area contributed by atoms with Gasteiger partial charge in [0.05, 0.1) is 12.7 Å². The summed E-state index contributed by atoms with van der Waals surface area (Å²) in [5, 5.41) is 5.55. The molecule has 1 saturated heterocycles. The van der Waals surface area contributed by atoms with E-state index in [2.05, 4.69) is 22.6 Å². The van der Waals surface area contributed by atoms with Gasteiger partial charge in [-0.3, -0.25) is 4.79 Å². The lowest BCUT2D eigenvalue weighted by molar-refractivity contribution is -0.118. The van der Waals surface area contributed by atoms with E-state index in [4.69, 9.17) is 4.74 Å². The normalized spacial score (nSPS) is 22.2. The number of nitrogens with one attached hydrogen (secondary N) is 2. The molecular formula is C15H28N4O3. The number of likely N-dealkylation sites (N-methyl/N-ethyl adjacent to an activating group) is 1. The number of carbonyl (C=O) groups excluding carboxylic acids is 2. The third kappa shape index (κ3) is 6.19. The molecule has 0 radical (unpaired) electrons. The molecule has 7 nitrogen and oxygen atoms in total. The minimum Gasteiger partial charge on any atom is -0.374 e. The van der Waals surface area contributed by atoms with Crippen molar-refractivity contribution < 1.29 is 14.3 Å². The lowest BCUT2D eigenvalue weighted by Gasteiger charge is -2.34. The van der Waals surface area contributed by atoms with Gasteiger partial charge >= 0.3 is 6.03 Å². The van der Waals surface area contributed by atoms with Crippen LogP contribution in [-0.4, -0.2) is 80.8 Å². The summed E-state index contributed by atoms with van der Waals surface area (Å²) < 4.78 is 5.77. The van der Waals surface area contributed by atoms with Crippen LogP contribution < -0.4 is 10.6 Å². The second-order valence-corrected chi connectivity index (χ2v) is 6.32. The highest BCUT2D eigenvalue weighted by Crippen LogP contribution is 2.29. The van der Waals surface area contributed by atoms with Crippen molar-refractivity contribution in [3.63, 3.8) is 0 Å². The summed E-state index contributed by atoms with van der Waals surface area (Å²) >= 11 is 0. The number of amides is 3. The van der Waals surface area contributed by atoms with Crippen LogP contribution in [-0.2, 0) is 9.53 Å². The summed E-state index contributed by atoms with van der Waals surface area (Å²) in [5.41, 5.74) is 0. The molecular weight excluding hydrogens is 284 g/mol. The second kappa shape index (κ2) is 8.33. The fourth-order valence-electron chi connectivity index (χ4n) is 2.60. The zero-order valence-corrected chi connectivity index (χ0v) is 13.6. The van der Waals surface area contributed by atoms with Gasteiger partial charge in [-0.15, -0.1) is 0 Å². The highest BCUT2D eigenvalue weighted by atomic mass is 16.5. The Labute approximate surface area is 132 Å². The van der Waals surface area contributed by atoms with Crippen LogP contribution in [0.25, 0.3) is 0 Å². The van der Waals surface area contributed by atoms with Gasteiger partial charge in [-0.1, -0.05) is 0 Å². The van der Waals surface area contributed by atoms with Crippen LogP contribution in [0.2, 0.25) is 0 Å². The summed E-state index contributed by atoms with van der Waals surface area (Å²) in [4.78, 5) is 27.3. The van der Waals surface area contributed by atoms with Crippen LogP contribution in [0.3, 0.4) is 0 Å². The molecule has 0 aromatic carbocycles. The molecule has 0 bridgehead atoms. The molecule has 1 heterocycles. The van der Waals surface area contributed by atoms with Gasteiger partial charge in [-0.2, -0.15) is 0 Å². The largest absolute Gasteiger partial charge is 0.374 e. The molecule has 0 aromatic heterocycles. The van der Waals surface area contributed by atoms with Crippen LogP contribution in [0.15, 0.2) is 0 Å². The topological polar surface area (TPSA) is 73.9 Å². The maximum Gasteiger partial charge on any atom is 0.317 e. The Kier molecular flexibility index (Phi) is 6.45. The fraction of sp³-hybridized carbons (Fsp3) is 0.867. The number of morpholine rings is 1. The molecule has 1 aliphatic heterocycles. The standard InChI is InChI=1S/C15H28N4O3/c1-12(20)16-5-6-17-15(21)19(9-13-3-4-13)11-14-10-18(2)7-8-22-14/h13-14H,3-11H2,1-2H3,(H,16,20)(H,17,21)/t14-/m0/s1. The Balaban J connectivity index is 1.76. The molecule has 2 aliphatic rings. The van der Waals surface area contributed by atoms with E-state index >= 15 is 0 Å². The zero-order valence-electron chi connectivity index (χ0n) is 13.6. The van der Waals surface area contributed by atoms with Gasteiger partial charge in [-0.25, -0.2) is 4.79 Å². The van der Waals surface area contributed by atoms with E-state index in [9.17, 15) is 9.59 Å². The molecule has 7 heteroatoms. The first kappa shape index (κ1) is 17.0. The number of hydrogen-bond acceptors (Lipinski definition) is 4. The predicted octanol–water partition coefficient (Wildman–Crippen LogP) is -0.125. The SMILES string of the molecule is CC(=O)NCCNC(=O)N(CC1CC1)C[C@@H]1CN(C)CCO1. The van der Waals surface area contributed by atoms with E-state index < -0.39 is 0 Å². The predicted molar refractivity (Wildman–Crippen MR) is 83.6 cm³/mol. The van der Waals surface area contributed by atoms with Crippen LogP contribution in [0.5, 0.6) is 0 Å². The van der Waals surface area contributed by atoms with E-state index in [0.717, 1.165) is 26.2 Å². The summed E-state index contributed by atoms with van der Waals surface area (Å²) in [6.07, 6.45) is 2.50. The van der Waals surface area contributed by atoms with Crippen molar-refractivity contribution in [2.24, 2.45) is 5.92 Å². The molecule has 0 unspecified atom stereocenters. The van der Waals surface area contributed by atoms with E-state index in [0.29, 0.717) is 25.6 Å². The van der Waals surface area contributed by atoms with Gasteiger partial charge in [0, 0.05) is 46.2 Å². The third-order valence-corrected chi connectivity index (χ3v) is 4.00. The number of rotatable bonds is 7. The van der Waals surface area contributed by atoms with E-state index in [1.165, 1.54) is 19.8 Å². The van der Waals surface area contributed by atoms with E-state index in [-0.39, 0.29) is 18.0 Å². The number of hydrogen-bond donors (Lipinski definition) is 2. The monoisotopic (exact) mass is 312 g/mol. The molecule has 126 valence electrons. The van der Waals surface area contributed by atoms with E-state index in [1.54, 1.807) is 0 Å². The Bertz CT molecular complexity index is 387. The Morgan fingerprint density at radius 2 is 1.95 bits per heavy atom. The van der Waals surface area contributed by atoms with Crippen molar-refractivity contribution in [3.05, 3.63) is 0 Å².